The van der Waals surface area contributed by atoms with Gasteiger partial charge in [0.2, 0.25) is 0 Å². The lowest BCUT2D eigenvalue weighted by molar-refractivity contribution is 0.0952. The zero-order valence-electron chi connectivity index (χ0n) is 13.7. The summed E-state index contributed by atoms with van der Waals surface area (Å²) in [5.41, 5.74) is 3.62. The number of nitrogens with one attached hydrogen (secondary N) is 1. The van der Waals surface area contributed by atoms with Crippen LogP contribution in [0.25, 0.3) is 0 Å². The standard InChI is InChI=1S/C18H19ClN2O3/c1-12(2)24-17-9-8-13(10-15(17)19)11-20-21-18(22)14-6-4-5-7-16(14)23-3/h4-12H,1-3H3,(H,21,22)/b20-11+. The van der Waals surface area contributed by atoms with Crippen LogP contribution in [0.2, 0.25) is 5.02 Å². The molecule has 0 spiro atoms. The Labute approximate surface area is 146 Å². The number of carbonyl (C=O) groups excluding carboxylic acids is 1. The van der Waals surface area contributed by atoms with E-state index in [1.54, 1.807) is 36.4 Å². The van der Waals surface area contributed by atoms with Crippen molar-refractivity contribution in [2.75, 3.05) is 7.11 Å². The Hall–Kier alpha value is -2.53. The Morgan fingerprint density at radius 2 is 1.96 bits per heavy atom. The number of benzene rings is 2. The van der Waals surface area contributed by atoms with E-state index in [2.05, 4.69) is 10.5 Å². The molecule has 0 atom stereocenters. The molecule has 2 aromatic carbocycles. The number of hydrogen-bond acceptors (Lipinski definition) is 4. The summed E-state index contributed by atoms with van der Waals surface area (Å²) < 4.78 is 10.7. The van der Waals surface area contributed by atoms with Gasteiger partial charge < -0.3 is 9.47 Å². The highest BCUT2D eigenvalue weighted by Gasteiger charge is 2.10. The Balaban J connectivity index is 2.03. The predicted octanol–water partition coefficient (Wildman–Crippen LogP) is 3.90. The Bertz CT molecular complexity index is 745. The van der Waals surface area contributed by atoms with Crippen molar-refractivity contribution in [2.45, 2.75) is 20.0 Å². The first-order valence-electron chi connectivity index (χ1n) is 7.44. The fourth-order valence-corrected chi connectivity index (χ4v) is 2.24. The van der Waals surface area contributed by atoms with Crippen LogP contribution in [0.4, 0.5) is 0 Å². The third-order valence-electron chi connectivity index (χ3n) is 3.05. The van der Waals surface area contributed by atoms with Gasteiger partial charge in [0.1, 0.15) is 11.5 Å². The molecule has 6 heteroatoms. The molecule has 1 amide bonds. The number of ether oxygens (including phenoxy) is 2. The molecule has 0 radical (unpaired) electrons. The third kappa shape index (κ3) is 4.73. The van der Waals surface area contributed by atoms with Crippen LogP contribution in [0.1, 0.15) is 29.8 Å². The Morgan fingerprint density at radius 1 is 1.21 bits per heavy atom. The van der Waals surface area contributed by atoms with Crippen LogP contribution in [0.5, 0.6) is 11.5 Å². The summed E-state index contributed by atoms with van der Waals surface area (Å²) in [6.45, 7) is 3.86. The van der Waals surface area contributed by atoms with E-state index >= 15 is 0 Å². The second-order valence-electron chi connectivity index (χ2n) is 5.26. The van der Waals surface area contributed by atoms with Gasteiger partial charge in [0.25, 0.3) is 5.91 Å². The minimum atomic E-state index is -0.352. The summed E-state index contributed by atoms with van der Waals surface area (Å²) >= 11 is 6.16. The molecule has 0 aromatic heterocycles. The zero-order chi connectivity index (χ0) is 17.5. The Morgan fingerprint density at radius 3 is 2.62 bits per heavy atom. The molecule has 0 aliphatic rings. The number of rotatable bonds is 6. The van der Waals surface area contributed by atoms with Crippen LogP contribution in [0.3, 0.4) is 0 Å². The molecule has 0 saturated carbocycles. The summed E-state index contributed by atoms with van der Waals surface area (Å²) in [7, 11) is 1.51. The fourth-order valence-electron chi connectivity index (χ4n) is 2.00. The van der Waals surface area contributed by atoms with Gasteiger partial charge in [-0.05, 0) is 49.7 Å². The van der Waals surface area contributed by atoms with E-state index in [4.69, 9.17) is 21.1 Å². The first kappa shape index (κ1) is 17.8. The maximum atomic E-state index is 12.1. The van der Waals surface area contributed by atoms with E-state index < -0.39 is 0 Å². The van der Waals surface area contributed by atoms with Crippen molar-refractivity contribution in [1.29, 1.82) is 0 Å². The molecule has 1 N–H and O–H groups in total. The van der Waals surface area contributed by atoms with Crippen molar-refractivity contribution >= 4 is 23.7 Å². The summed E-state index contributed by atoms with van der Waals surface area (Å²) in [6.07, 6.45) is 1.56. The summed E-state index contributed by atoms with van der Waals surface area (Å²) in [6, 6.07) is 12.2. The van der Waals surface area contributed by atoms with Gasteiger partial charge in [-0.15, -0.1) is 0 Å². The first-order valence-corrected chi connectivity index (χ1v) is 7.81. The smallest absolute Gasteiger partial charge is 0.275 e. The van der Waals surface area contributed by atoms with Crippen molar-refractivity contribution in [3.8, 4) is 11.5 Å². The second kappa shape index (κ2) is 8.36. The van der Waals surface area contributed by atoms with Gasteiger partial charge in [-0.25, -0.2) is 5.43 Å². The molecule has 5 nitrogen and oxygen atoms in total. The first-order chi connectivity index (χ1) is 11.5. The number of carbonyl (C=O) groups is 1. The lowest BCUT2D eigenvalue weighted by atomic mass is 10.2. The number of nitrogens with zero attached hydrogens (tertiary/aromatic N) is 1. The maximum Gasteiger partial charge on any atom is 0.275 e. The van der Waals surface area contributed by atoms with Gasteiger partial charge in [-0.2, -0.15) is 5.10 Å². The number of amides is 1. The highest BCUT2D eigenvalue weighted by Crippen LogP contribution is 2.25. The molecule has 0 saturated heterocycles. The molecule has 2 rings (SSSR count). The van der Waals surface area contributed by atoms with E-state index in [0.717, 1.165) is 5.56 Å². The quantitative estimate of drug-likeness (QED) is 0.637. The third-order valence-corrected chi connectivity index (χ3v) is 3.35. The van der Waals surface area contributed by atoms with Crippen LogP contribution in [-0.4, -0.2) is 25.3 Å². The molecular formula is C18H19ClN2O3. The van der Waals surface area contributed by atoms with E-state index in [0.29, 0.717) is 22.1 Å². The number of hydrazone groups is 1. The average Bonchev–Trinajstić information content (AvgIpc) is 2.56. The maximum absolute atomic E-state index is 12.1. The number of para-hydroxylation sites is 1. The molecule has 0 aliphatic heterocycles. The normalized spacial score (nSPS) is 10.9. The zero-order valence-corrected chi connectivity index (χ0v) is 14.5. The van der Waals surface area contributed by atoms with Gasteiger partial charge in [-0.1, -0.05) is 23.7 Å². The number of hydrogen-bond donors (Lipinski definition) is 1. The summed E-state index contributed by atoms with van der Waals surface area (Å²) in [4.78, 5) is 12.1. The predicted molar refractivity (Wildman–Crippen MR) is 95.3 cm³/mol. The highest BCUT2D eigenvalue weighted by atomic mass is 35.5. The molecule has 2 aromatic rings. The van der Waals surface area contributed by atoms with Crippen LogP contribution >= 0.6 is 11.6 Å². The van der Waals surface area contributed by atoms with Crippen LogP contribution in [-0.2, 0) is 0 Å². The molecule has 24 heavy (non-hydrogen) atoms. The van der Waals surface area contributed by atoms with E-state index in [-0.39, 0.29) is 12.0 Å². The minimum Gasteiger partial charge on any atom is -0.496 e. The van der Waals surface area contributed by atoms with Gasteiger partial charge in [-0.3, -0.25) is 4.79 Å². The molecule has 0 bridgehead atoms. The lowest BCUT2D eigenvalue weighted by Crippen LogP contribution is -2.18. The van der Waals surface area contributed by atoms with Crippen molar-refractivity contribution in [1.82, 2.24) is 5.43 Å². The Kier molecular flexibility index (Phi) is 6.21. The highest BCUT2D eigenvalue weighted by molar-refractivity contribution is 6.32. The molecule has 126 valence electrons. The molecular weight excluding hydrogens is 328 g/mol. The molecule has 0 unspecified atom stereocenters. The topological polar surface area (TPSA) is 59.9 Å². The molecule has 0 aliphatic carbocycles. The largest absolute Gasteiger partial charge is 0.496 e. The lowest BCUT2D eigenvalue weighted by Gasteiger charge is -2.11. The van der Waals surface area contributed by atoms with Crippen LogP contribution in [0, 0.1) is 0 Å². The number of halogens is 1. The van der Waals surface area contributed by atoms with Gasteiger partial charge >= 0.3 is 0 Å². The van der Waals surface area contributed by atoms with E-state index in [9.17, 15) is 4.79 Å². The minimum absolute atomic E-state index is 0.0437. The van der Waals surface area contributed by atoms with Crippen molar-refractivity contribution in [2.24, 2.45) is 5.10 Å². The van der Waals surface area contributed by atoms with Crippen molar-refractivity contribution < 1.29 is 14.3 Å². The average molecular weight is 347 g/mol. The molecule has 0 heterocycles. The van der Waals surface area contributed by atoms with Gasteiger partial charge in [0, 0.05) is 0 Å². The van der Waals surface area contributed by atoms with Gasteiger partial charge in [0.05, 0.1) is 30.0 Å². The second-order valence-corrected chi connectivity index (χ2v) is 5.66. The summed E-state index contributed by atoms with van der Waals surface area (Å²) in [5, 5.41) is 4.44. The SMILES string of the molecule is COc1ccccc1C(=O)N/N=C/c1ccc(OC(C)C)c(Cl)c1. The van der Waals surface area contributed by atoms with Crippen LogP contribution < -0.4 is 14.9 Å². The van der Waals surface area contributed by atoms with Gasteiger partial charge in [0.15, 0.2) is 0 Å². The van der Waals surface area contributed by atoms with E-state index in [1.165, 1.54) is 13.3 Å². The fraction of sp³-hybridized carbons (Fsp3) is 0.222. The molecule has 0 fully saturated rings. The monoisotopic (exact) mass is 346 g/mol. The van der Waals surface area contributed by atoms with Crippen LogP contribution in [0.15, 0.2) is 47.6 Å². The van der Waals surface area contributed by atoms with Crippen molar-refractivity contribution in [3.05, 3.63) is 58.6 Å². The summed E-state index contributed by atoms with van der Waals surface area (Å²) in [5.74, 6) is 0.750. The number of methoxy groups -OCH3 is 1. The van der Waals surface area contributed by atoms with E-state index in [1.807, 2.05) is 19.9 Å². The van der Waals surface area contributed by atoms with Crippen molar-refractivity contribution in [3.63, 3.8) is 0 Å².